The molecule has 0 saturated carbocycles. The molecule has 4 aromatic rings. The van der Waals surface area contributed by atoms with Gasteiger partial charge in [0.2, 0.25) is 0 Å². The van der Waals surface area contributed by atoms with E-state index >= 15 is 0 Å². The average molecular weight is 625 g/mol. The highest BCUT2D eigenvalue weighted by Crippen LogP contribution is 2.45. The Kier molecular flexibility index (Phi) is 8.28. The minimum atomic E-state index is -4.65. The van der Waals surface area contributed by atoms with E-state index in [0.717, 1.165) is 22.8 Å². The first-order valence-corrected chi connectivity index (χ1v) is 15.1. The molecule has 1 amide bonds. The lowest BCUT2D eigenvalue weighted by Crippen LogP contribution is -2.54. The number of benzene rings is 3. The summed E-state index contributed by atoms with van der Waals surface area (Å²) in [6.45, 7) is 10.8. The van der Waals surface area contributed by atoms with Gasteiger partial charge in [-0.05, 0) is 76.4 Å². The van der Waals surface area contributed by atoms with Crippen LogP contribution in [0.1, 0.15) is 57.7 Å². The number of hydrogen-bond acceptors (Lipinski definition) is 6. The first-order chi connectivity index (χ1) is 20.6. The number of carbonyl (C=O) groups excluding carboxylic acids is 1. The third-order valence-corrected chi connectivity index (χ3v) is 8.41. The summed E-state index contributed by atoms with van der Waals surface area (Å²) in [6.07, 6.45) is -5.21. The number of ether oxygens (including phenoxy) is 3. The van der Waals surface area contributed by atoms with Gasteiger partial charge < -0.3 is 14.2 Å². The van der Waals surface area contributed by atoms with Crippen LogP contribution < -0.4 is 4.74 Å². The van der Waals surface area contributed by atoms with E-state index in [9.17, 15) is 18.0 Å². The molecule has 0 radical (unpaired) electrons. The fourth-order valence-electron chi connectivity index (χ4n) is 5.20. The summed E-state index contributed by atoms with van der Waals surface area (Å²) < 4.78 is 59.9. The highest BCUT2D eigenvalue weighted by Gasteiger charge is 2.55. The van der Waals surface area contributed by atoms with Crippen LogP contribution in [-0.4, -0.2) is 33.9 Å². The normalized spacial score (nSPS) is 18.3. The maximum atomic E-state index is 14.2. The van der Waals surface area contributed by atoms with Gasteiger partial charge in [0.15, 0.2) is 0 Å². The van der Waals surface area contributed by atoms with E-state index in [2.05, 4.69) is 4.98 Å². The Balaban J connectivity index is 1.38. The minimum Gasteiger partial charge on any atom is -0.488 e. The lowest BCUT2D eigenvalue weighted by Gasteiger charge is -2.39. The van der Waals surface area contributed by atoms with Crippen molar-refractivity contribution in [3.63, 3.8) is 0 Å². The van der Waals surface area contributed by atoms with Gasteiger partial charge in [-0.1, -0.05) is 54.6 Å². The Morgan fingerprint density at radius 3 is 2.23 bits per heavy atom. The van der Waals surface area contributed by atoms with Crippen LogP contribution in [0.3, 0.4) is 0 Å². The molecule has 5 rings (SSSR count). The first-order valence-electron chi connectivity index (χ1n) is 14.2. The van der Waals surface area contributed by atoms with Gasteiger partial charge in [-0.15, -0.1) is 11.3 Å². The SMILES string of the molecule is CC(C)(C)OC(=O)N1C(C)(C)OCC1(C)c1nc(-c2ccc(OCc3ccc(-c4ccccc4)cc3)c(C(F)(F)F)c2)cs1. The van der Waals surface area contributed by atoms with Crippen LogP contribution in [0.4, 0.5) is 18.0 Å². The summed E-state index contributed by atoms with van der Waals surface area (Å²) in [6, 6.07) is 21.3. The second-order valence-corrected chi connectivity index (χ2v) is 13.3. The van der Waals surface area contributed by atoms with E-state index in [1.807, 2.05) is 61.5 Å². The van der Waals surface area contributed by atoms with Crippen LogP contribution in [0.5, 0.6) is 5.75 Å². The number of carbonyl (C=O) groups is 1. The number of nitrogens with zero attached hydrogens (tertiary/aromatic N) is 2. The van der Waals surface area contributed by atoms with Crippen molar-refractivity contribution < 1.29 is 32.2 Å². The Hall–Kier alpha value is -3.89. The second kappa shape index (κ2) is 11.6. The van der Waals surface area contributed by atoms with E-state index in [1.165, 1.54) is 22.3 Å². The molecule has 0 spiro atoms. The van der Waals surface area contributed by atoms with Gasteiger partial charge in [0, 0.05) is 10.9 Å². The number of thiazole rings is 1. The van der Waals surface area contributed by atoms with E-state index in [4.69, 9.17) is 14.2 Å². The van der Waals surface area contributed by atoms with Gasteiger partial charge in [0.05, 0.1) is 17.9 Å². The molecule has 0 bridgehead atoms. The smallest absolute Gasteiger partial charge is 0.419 e. The summed E-state index contributed by atoms with van der Waals surface area (Å²) in [4.78, 5) is 19.4. The van der Waals surface area contributed by atoms with Crippen molar-refractivity contribution in [2.45, 2.75) is 71.2 Å². The summed E-state index contributed by atoms with van der Waals surface area (Å²) >= 11 is 1.25. The molecule has 3 aromatic carbocycles. The molecular weight excluding hydrogens is 589 g/mol. The zero-order chi connectivity index (χ0) is 31.9. The van der Waals surface area contributed by atoms with Gasteiger partial charge >= 0.3 is 12.3 Å². The molecule has 1 atom stereocenters. The number of alkyl halides is 3. The Morgan fingerprint density at radius 2 is 1.59 bits per heavy atom. The molecule has 1 unspecified atom stereocenters. The zero-order valence-electron chi connectivity index (χ0n) is 25.5. The van der Waals surface area contributed by atoms with Crippen molar-refractivity contribution in [3.05, 3.63) is 94.3 Å². The van der Waals surface area contributed by atoms with E-state index in [1.54, 1.807) is 46.1 Å². The maximum absolute atomic E-state index is 14.2. The van der Waals surface area contributed by atoms with Crippen LogP contribution >= 0.6 is 11.3 Å². The molecule has 44 heavy (non-hydrogen) atoms. The van der Waals surface area contributed by atoms with Gasteiger partial charge in [0.25, 0.3) is 0 Å². The second-order valence-electron chi connectivity index (χ2n) is 12.4. The van der Waals surface area contributed by atoms with Crippen LogP contribution in [0.15, 0.2) is 78.2 Å². The molecule has 0 N–H and O–H groups in total. The van der Waals surface area contributed by atoms with Crippen molar-refractivity contribution in [1.82, 2.24) is 9.88 Å². The standard InChI is InChI=1S/C34H35F3N2O4S/c1-31(2,3)43-30(40)39-32(4,5)42-21-33(39,6)29-38-27(20-44-29)25-16-17-28(26(18-25)34(35,36)37)41-19-22-12-14-24(15-13-22)23-10-8-7-9-11-23/h7-18,20H,19,21H2,1-6H3. The van der Waals surface area contributed by atoms with E-state index in [0.29, 0.717) is 10.7 Å². The van der Waals surface area contributed by atoms with Gasteiger partial charge in [-0.2, -0.15) is 13.2 Å². The number of halogens is 3. The topological polar surface area (TPSA) is 60.9 Å². The maximum Gasteiger partial charge on any atom is 0.419 e. The third-order valence-electron chi connectivity index (χ3n) is 7.32. The lowest BCUT2D eigenvalue weighted by molar-refractivity contribution is -0.139. The Bertz CT molecular complexity index is 1630. The van der Waals surface area contributed by atoms with Crippen molar-refractivity contribution in [2.24, 2.45) is 0 Å². The fraction of sp³-hybridized carbons (Fsp3) is 0.353. The highest BCUT2D eigenvalue weighted by molar-refractivity contribution is 7.10. The molecule has 6 nitrogen and oxygen atoms in total. The molecule has 1 aromatic heterocycles. The monoisotopic (exact) mass is 624 g/mol. The van der Waals surface area contributed by atoms with Crippen molar-refractivity contribution >= 4 is 17.4 Å². The Labute approximate surface area is 259 Å². The van der Waals surface area contributed by atoms with E-state index < -0.39 is 34.7 Å². The van der Waals surface area contributed by atoms with Crippen molar-refractivity contribution in [2.75, 3.05) is 6.61 Å². The van der Waals surface area contributed by atoms with E-state index in [-0.39, 0.29) is 24.5 Å². The summed E-state index contributed by atoms with van der Waals surface area (Å²) in [7, 11) is 0. The summed E-state index contributed by atoms with van der Waals surface area (Å²) in [5.41, 5.74) is -0.141. The largest absolute Gasteiger partial charge is 0.488 e. The number of rotatable bonds is 6. The molecular formula is C34H35F3N2O4S. The van der Waals surface area contributed by atoms with Crippen molar-refractivity contribution in [3.8, 4) is 28.1 Å². The number of hydrogen-bond donors (Lipinski definition) is 0. The fourth-order valence-corrected chi connectivity index (χ4v) is 6.17. The van der Waals surface area contributed by atoms with Crippen LogP contribution in [0.2, 0.25) is 0 Å². The Morgan fingerprint density at radius 1 is 0.955 bits per heavy atom. The zero-order valence-corrected chi connectivity index (χ0v) is 26.3. The highest BCUT2D eigenvalue weighted by atomic mass is 32.1. The molecule has 0 aliphatic carbocycles. The molecule has 1 fully saturated rings. The molecule has 1 saturated heterocycles. The minimum absolute atomic E-state index is 0.0208. The number of aromatic nitrogens is 1. The molecule has 1 aliphatic rings. The quantitative estimate of drug-likeness (QED) is 0.214. The van der Waals surface area contributed by atoms with Gasteiger partial charge in [0.1, 0.15) is 34.2 Å². The van der Waals surface area contributed by atoms with Crippen LogP contribution in [0, 0.1) is 0 Å². The van der Waals surface area contributed by atoms with Gasteiger partial charge in [-0.25, -0.2) is 9.78 Å². The average Bonchev–Trinajstić information content (AvgIpc) is 3.54. The lowest BCUT2D eigenvalue weighted by atomic mass is 10.0. The molecule has 10 heteroatoms. The summed E-state index contributed by atoms with van der Waals surface area (Å²) in [5.74, 6) is -0.266. The third kappa shape index (κ3) is 6.61. The number of amides is 1. The molecule has 2 heterocycles. The van der Waals surface area contributed by atoms with Crippen molar-refractivity contribution in [1.29, 1.82) is 0 Å². The van der Waals surface area contributed by atoms with Crippen LogP contribution in [-0.2, 0) is 27.8 Å². The molecule has 232 valence electrons. The molecule has 1 aliphatic heterocycles. The first kappa shape index (κ1) is 31.5. The van der Waals surface area contributed by atoms with Gasteiger partial charge in [-0.3, -0.25) is 4.90 Å². The van der Waals surface area contributed by atoms with Crippen LogP contribution in [0.25, 0.3) is 22.4 Å². The predicted octanol–water partition coefficient (Wildman–Crippen LogP) is 9.29. The predicted molar refractivity (Wildman–Crippen MR) is 164 cm³/mol. The summed E-state index contributed by atoms with van der Waals surface area (Å²) in [5, 5.41) is 2.21.